The first-order valence-corrected chi connectivity index (χ1v) is 38.9. The summed E-state index contributed by atoms with van der Waals surface area (Å²) in [5, 5.41) is 1.43. The zero-order valence-corrected chi connectivity index (χ0v) is 63.7. The molecule has 2 nitrogen and oxygen atoms in total. The number of rotatable bonds is 12. The van der Waals surface area contributed by atoms with Gasteiger partial charge in [-0.2, -0.15) is 0 Å². The fraction of sp³-hybridized carbons (Fsp3) is 0.208. The van der Waals surface area contributed by atoms with Crippen molar-refractivity contribution in [2.45, 2.75) is 123 Å². The quantitative estimate of drug-likeness (QED) is 0.0900. The van der Waals surface area contributed by atoms with Crippen LogP contribution in [0.5, 0.6) is 0 Å². The van der Waals surface area contributed by atoms with Crippen LogP contribution in [0.4, 0.5) is 0 Å². The Morgan fingerprint density at radius 3 is 1.10 bits per heavy atom. The van der Waals surface area contributed by atoms with Gasteiger partial charge in [-0.25, -0.2) is 0 Å². The Bertz CT molecular complexity index is 5050. The Hall–Kier alpha value is -9.41. The third-order valence-corrected chi connectivity index (χ3v) is 25.0. The summed E-state index contributed by atoms with van der Waals surface area (Å²) in [6.07, 6.45) is 6.43. The molecule has 100 heavy (non-hydrogen) atoms. The molecule has 0 fully saturated rings. The van der Waals surface area contributed by atoms with E-state index in [1.54, 1.807) is 0 Å². The summed E-state index contributed by atoms with van der Waals surface area (Å²) in [5.41, 5.74) is 31.8. The predicted octanol–water partition coefficient (Wildman–Crippen LogP) is 25.6. The zero-order valence-electron chi connectivity index (χ0n) is 60.3. The summed E-state index contributed by atoms with van der Waals surface area (Å²) in [6, 6.07) is 107. The van der Waals surface area contributed by atoms with Gasteiger partial charge in [0.1, 0.15) is 0 Å². The van der Waals surface area contributed by atoms with E-state index < -0.39 is 8.07 Å². The molecule has 0 amide bonds. The molecule has 0 saturated carbocycles. The van der Waals surface area contributed by atoms with Gasteiger partial charge in [-0.15, -0.1) is 70.3 Å². The summed E-state index contributed by atoms with van der Waals surface area (Å²) < 4.78 is 0. The van der Waals surface area contributed by atoms with Gasteiger partial charge in [-0.1, -0.05) is 331 Å². The molecule has 2 aliphatic rings. The normalized spacial score (nSPS) is 15.1. The molecule has 2 aliphatic carbocycles. The van der Waals surface area contributed by atoms with E-state index in [4.69, 9.17) is 4.98 Å². The SMILES string of the molecule is CC1(C)CCC(C)(C)c2cc(-c3[c-]cc4c(c3)C(C)(C)C(C)(C)C4(C)C)ncc21.C[Si](C)(C)c1ccc(-c2c(-c3ccccc3)c(-c3ccc(-c4ccccc4)cc3)c(-c3ccc(-c4ccccc4)cc3)c(-c3ccccc3)c2-c2ccc(-c3cc[c-]c(-c4ccccn4)c3)cc2)cc1.[Ir]. The number of aromatic nitrogens is 2. The van der Waals surface area contributed by atoms with Crippen LogP contribution in [-0.4, -0.2) is 18.0 Å². The van der Waals surface area contributed by atoms with E-state index in [1.165, 1.54) is 101 Å². The minimum atomic E-state index is -1.63. The molecule has 499 valence electrons. The second kappa shape index (κ2) is 27.3. The molecule has 2 aromatic heterocycles. The number of hydrogen-bond acceptors (Lipinski definition) is 2. The standard InChI is InChI=1S/C68H52NSi.C28H38N.Ir/c1-70(2,3)61-44-42-58(43-45-61)68-64(54-25-14-7-15-26-54)66(56-38-32-51(33-39-56)49-21-10-5-11-22-49)65(55-36-30-50(31-37-55)48-19-8-4-9-20-48)63(53-23-12-6-13-24-53)67(68)57-40-34-52(35-41-57)59-27-18-28-60(47-59)62-29-16-17-46-69-62;1-24(2)13-14-25(3,4)22-17-29-23(16-20(22)24)18-11-12-19-21(15-18)27(7,8)28(9,10)26(19,5)6;/h4-27,29-47H,1-3H3;12,15-17H,13-14H2,1-10H3;/q2*-1;. The van der Waals surface area contributed by atoms with Crippen LogP contribution in [0.2, 0.25) is 19.6 Å². The molecule has 2 heterocycles. The molecule has 0 saturated heterocycles. The molecule has 15 rings (SSSR count). The molecule has 13 aromatic rings. The first kappa shape index (κ1) is 69.1. The minimum absolute atomic E-state index is 0. The molecule has 4 heteroatoms. The van der Waals surface area contributed by atoms with E-state index in [2.05, 4.69) is 361 Å². The van der Waals surface area contributed by atoms with Crippen LogP contribution in [0.3, 0.4) is 0 Å². The van der Waals surface area contributed by atoms with Gasteiger partial charge in [-0.05, 0) is 163 Å². The van der Waals surface area contributed by atoms with E-state index in [9.17, 15) is 0 Å². The monoisotopic (exact) mass is 1490 g/mol. The van der Waals surface area contributed by atoms with Crippen molar-refractivity contribution in [2.75, 3.05) is 0 Å². The van der Waals surface area contributed by atoms with Crippen molar-refractivity contribution < 1.29 is 20.1 Å². The molecule has 0 spiro atoms. The van der Waals surface area contributed by atoms with Gasteiger partial charge in [-0.3, -0.25) is 0 Å². The number of hydrogen-bond donors (Lipinski definition) is 0. The van der Waals surface area contributed by atoms with E-state index in [0.29, 0.717) is 0 Å². The van der Waals surface area contributed by atoms with Crippen LogP contribution in [0.25, 0.3) is 123 Å². The molecule has 0 unspecified atom stereocenters. The third-order valence-electron chi connectivity index (χ3n) is 22.9. The fourth-order valence-corrected chi connectivity index (χ4v) is 16.8. The van der Waals surface area contributed by atoms with Crippen molar-refractivity contribution in [3.05, 3.63) is 320 Å². The van der Waals surface area contributed by atoms with Crippen molar-refractivity contribution in [3.63, 3.8) is 0 Å². The summed E-state index contributed by atoms with van der Waals surface area (Å²) in [6.45, 7) is 31.1. The first-order chi connectivity index (χ1) is 47.5. The van der Waals surface area contributed by atoms with Crippen molar-refractivity contribution in [1.82, 2.24) is 9.97 Å². The molecule has 0 atom stereocenters. The first-order valence-electron chi connectivity index (χ1n) is 35.4. The Morgan fingerprint density at radius 1 is 0.310 bits per heavy atom. The predicted molar refractivity (Wildman–Crippen MR) is 424 cm³/mol. The summed E-state index contributed by atoms with van der Waals surface area (Å²) in [5.74, 6) is 0. The van der Waals surface area contributed by atoms with Gasteiger partial charge < -0.3 is 9.97 Å². The number of benzene rings is 11. The maximum absolute atomic E-state index is 4.94. The van der Waals surface area contributed by atoms with Gasteiger partial charge in [0.25, 0.3) is 0 Å². The van der Waals surface area contributed by atoms with Gasteiger partial charge in [0.05, 0.1) is 8.07 Å². The summed E-state index contributed by atoms with van der Waals surface area (Å²) >= 11 is 0. The van der Waals surface area contributed by atoms with Crippen LogP contribution in [0, 0.1) is 17.5 Å². The second-order valence-electron chi connectivity index (χ2n) is 31.4. The molecule has 0 bridgehead atoms. The smallest absolute Gasteiger partial charge is 0.0775 e. The average Bonchev–Trinajstić information content (AvgIpc) is 1.46. The van der Waals surface area contributed by atoms with Crippen molar-refractivity contribution in [3.8, 4) is 123 Å². The van der Waals surface area contributed by atoms with E-state index in [0.717, 1.165) is 61.5 Å². The van der Waals surface area contributed by atoms with Gasteiger partial charge in [0.2, 0.25) is 0 Å². The average molecular weight is 1490 g/mol. The maximum Gasteiger partial charge on any atom is 0.0775 e. The Kier molecular flexibility index (Phi) is 18.8. The molecule has 11 aromatic carbocycles. The van der Waals surface area contributed by atoms with Crippen molar-refractivity contribution in [2.24, 2.45) is 5.41 Å². The van der Waals surface area contributed by atoms with Crippen LogP contribution >= 0.6 is 0 Å². The number of nitrogens with zero attached hydrogens (tertiary/aromatic N) is 2. The van der Waals surface area contributed by atoms with Crippen LogP contribution in [0.15, 0.2) is 285 Å². The molecule has 1 radical (unpaired) electrons. The Balaban J connectivity index is 0.000000249. The molecular weight excluding hydrogens is 1400 g/mol. The summed E-state index contributed by atoms with van der Waals surface area (Å²) in [7, 11) is -1.63. The summed E-state index contributed by atoms with van der Waals surface area (Å²) in [4.78, 5) is 9.58. The largest absolute Gasteiger partial charge is 0.305 e. The van der Waals surface area contributed by atoms with E-state index in [-0.39, 0.29) is 47.2 Å². The van der Waals surface area contributed by atoms with Gasteiger partial charge in [0, 0.05) is 32.5 Å². The van der Waals surface area contributed by atoms with Crippen molar-refractivity contribution in [1.29, 1.82) is 0 Å². The second-order valence-corrected chi connectivity index (χ2v) is 36.5. The maximum atomic E-state index is 4.94. The Morgan fingerprint density at radius 2 is 0.670 bits per heavy atom. The zero-order chi connectivity index (χ0) is 69.1. The third kappa shape index (κ3) is 12.9. The van der Waals surface area contributed by atoms with Crippen molar-refractivity contribution >= 4 is 13.3 Å². The van der Waals surface area contributed by atoms with E-state index in [1.807, 2.05) is 30.5 Å². The molecule has 0 N–H and O–H groups in total. The van der Waals surface area contributed by atoms with E-state index >= 15 is 0 Å². The molecular formula is C96H90IrN2Si-2. The molecule has 0 aliphatic heterocycles. The topological polar surface area (TPSA) is 25.8 Å². The minimum Gasteiger partial charge on any atom is -0.305 e. The van der Waals surface area contributed by atoms with Crippen LogP contribution < -0.4 is 5.19 Å². The van der Waals surface area contributed by atoms with Gasteiger partial charge in [0.15, 0.2) is 0 Å². The number of fused-ring (bicyclic) bond motifs is 2. The van der Waals surface area contributed by atoms with Crippen LogP contribution in [-0.2, 0) is 41.8 Å². The van der Waals surface area contributed by atoms with Crippen LogP contribution in [0.1, 0.15) is 104 Å². The fourth-order valence-electron chi connectivity index (χ4n) is 15.6. The Labute approximate surface area is 610 Å². The number of pyridine rings is 2. The van der Waals surface area contributed by atoms with Gasteiger partial charge >= 0.3 is 0 Å².